The van der Waals surface area contributed by atoms with Crippen molar-refractivity contribution >= 4 is 28.7 Å². The minimum absolute atomic E-state index is 0.0591. The maximum Gasteiger partial charge on any atom is 0.228 e. The molecule has 20 heavy (non-hydrogen) atoms. The van der Waals surface area contributed by atoms with E-state index in [0.29, 0.717) is 11.4 Å². The molecular formula is C15H12ClN3O. The molecule has 100 valence electrons. The van der Waals surface area contributed by atoms with Crippen LogP contribution in [0.5, 0.6) is 0 Å². The highest BCUT2D eigenvalue weighted by Gasteiger charge is 2.05. The van der Waals surface area contributed by atoms with E-state index in [0.717, 1.165) is 16.8 Å². The molecule has 0 fully saturated rings. The molecule has 0 saturated carbocycles. The third kappa shape index (κ3) is 2.81. The summed E-state index contributed by atoms with van der Waals surface area (Å²) >= 11 is 5.81. The fourth-order valence-corrected chi connectivity index (χ4v) is 2.12. The first-order chi connectivity index (χ1) is 9.70. The highest BCUT2D eigenvalue weighted by atomic mass is 35.5. The quantitative estimate of drug-likeness (QED) is 0.803. The minimum Gasteiger partial charge on any atom is -0.326 e. The first kappa shape index (κ1) is 12.7. The smallest absolute Gasteiger partial charge is 0.228 e. The molecule has 1 amide bonds. The lowest BCUT2D eigenvalue weighted by atomic mass is 10.1. The van der Waals surface area contributed by atoms with Crippen molar-refractivity contribution in [1.29, 1.82) is 0 Å². The molecule has 0 radical (unpaired) electrons. The molecule has 0 spiro atoms. The van der Waals surface area contributed by atoms with Crippen LogP contribution in [0.15, 0.2) is 54.9 Å². The lowest BCUT2D eigenvalue weighted by Crippen LogP contribution is -2.14. The third-order valence-electron chi connectivity index (χ3n) is 2.96. The summed E-state index contributed by atoms with van der Waals surface area (Å²) in [6, 6.07) is 12.8. The number of rotatable bonds is 3. The number of benzene rings is 1. The van der Waals surface area contributed by atoms with Gasteiger partial charge in [-0.3, -0.25) is 4.79 Å². The Morgan fingerprint density at radius 3 is 2.80 bits per heavy atom. The maximum atomic E-state index is 12.0. The Labute approximate surface area is 121 Å². The summed E-state index contributed by atoms with van der Waals surface area (Å²) in [7, 11) is 0. The van der Waals surface area contributed by atoms with Crippen LogP contribution in [-0.2, 0) is 11.2 Å². The summed E-state index contributed by atoms with van der Waals surface area (Å²) in [6.07, 6.45) is 3.85. The maximum absolute atomic E-state index is 12.0. The lowest BCUT2D eigenvalue weighted by molar-refractivity contribution is -0.115. The van der Waals surface area contributed by atoms with Crippen molar-refractivity contribution in [2.24, 2.45) is 0 Å². The predicted molar refractivity (Wildman–Crippen MR) is 79.0 cm³/mol. The van der Waals surface area contributed by atoms with Gasteiger partial charge in [0.25, 0.3) is 0 Å². The molecule has 2 aromatic heterocycles. The fraction of sp³-hybridized carbons (Fsp3) is 0.0667. The topological polar surface area (TPSA) is 46.4 Å². The van der Waals surface area contributed by atoms with Gasteiger partial charge in [0.1, 0.15) is 0 Å². The number of anilines is 1. The van der Waals surface area contributed by atoms with Crippen molar-refractivity contribution < 1.29 is 4.79 Å². The number of halogens is 1. The van der Waals surface area contributed by atoms with E-state index in [-0.39, 0.29) is 5.91 Å². The van der Waals surface area contributed by atoms with Gasteiger partial charge in [0.2, 0.25) is 5.91 Å². The molecule has 0 bridgehead atoms. The molecule has 0 saturated heterocycles. The number of carbonyl (C=O) groups is 1. The summed E-state index contributed by atoms with van der Waals surface area (Å²) in [5.74, 6) is -0.0591. The van der Waals surface area contributed by atoms with E-state index in [1.54, 1.807) is 22.8 Å². The van der Waals surface area contributed by atoms with Gasteiger partial charge in [-0.25, -0.2) is 4.52 Å². The molecule has 0 aliphatic carbocycles. The number of aromatic nitrogens is 2. The molecule has 5 heteroatoms. The van der Waals surface area contributed by atoms with Crippen molar-refractivity contribution in [2.45, 2.75) is 6.42 Å². The summed E-state index contributed by atoms with van der Waals surface area (Å²) in [5.41, 5.74) is 2.63. The van der Waals surface area contributed by atoms with Crippen LogP contribution in [0.3, 0.4) is 0 Å². The standard InChI is InChI=1S/C15H12ClN3O/c16-12-3-1-11(2-4-12)9-15(20)18-13-6-8-19-14(10-13)5-7-17-19/h1-8,10H,9H2,(H,18,20). The van der Waals surface area contributed by atoms with Crippen LogP contribution < -0.4 is 5.32 Å². The lowest BCUT2D eigenvalue weighted by Gasteiger charge is -2.06. The predicted octanol–water partition coefficient (Wildman–Crippen LogP) is 3.17. The largest absolute Gasteiger partial charge is 0.326 e. The molecule has 2 heterocycles. The van der Waals surface area contributed by atoms with Crippen LogP contribution in [0.2, 0.25) is 5.02 Å². The first-order valence-electron chi connectivity index (χ1n) is 6.18. The number of nitrogens with one attached hydrogen (secondary N) is 1. The minimum atomic E-state index is -0.0591. The Hall–Kier alpha value is -2.33. The van der Waals surface area contributed by atoms with E-state index in [2.05, 4.69) is 10.4 Å². The van der Waals surface area contributed by atoms with Crippen LogP contribution in [0, 0.1) is 0 Å². The highest BCUT2D eigenvalue weighted by molar-refractivity contribution is 6.30. The zero-order valence-corrected chi connectivity index (χ0v) is 11.3. The summed E-state index contributed by atoms with van der Waals surface area (Å²) < 4.78 is 1.74. The molecule has 4 nitrogen and oxygen atoms in total. The van der Waals surface area contributed by atoms with Gasteiger partial charge in [0, 0.05) is 23.1 Å². The molecule has 0 aliphatic heterocycles. The summed E-state index contributed by atoms with van der Waals surface area (Å²) in [6.45, 7) is 0. The van der Waals surface area contributed by atoms with E-state index < -0.39 is 0 Å². The van der Waals surface area contributed by atoms with Crippen molar-refractivity contribution in [1.82, 2.24) is 9.61 Å². The SMILES string of the molecule is O=C(Cc1ccc(Cl)cc1)Nc1ccn2nccc2c1. The normalized spacial score (nSPS) is 10.7. The van der Waals surface area contributed by atoms with Gasteiger partial charge in [0.05, 0.1) is 11.9 Å². The van der Waals surface area contributed by atoms with E-state index in [4.69, 9.17) is 11.6 Å². The number of hydrogen-bond acceptors (Lipinski definition) is 2. The van der Waals surface area contributed by atoms with Crippen molar-refractivity contribution in [3.05, 3.63) is 65.4 Å². The van der Waals surface area contributed by atoms with E-state index in [1.165, 1.54) is 0 Å². The zero-order valence-electron chi connectivity index (χ0n) is 10.6. The second-order valence-electron chi connectivity index (χ2n) is 4.47. The Kier molecular flexibility index (Phi) is 3.39. The van der Waals surface area contributed by atoms with Crippen LogP contribution in [0.1, 0.15) is 5.56 Å². The molecule has 3 aromatic rings. The number of fused-ring (bicyclic) bond motifs is 1. The van der Waals surface area contributed by atoms with E-state index in [1.807, 2.05) is 36.5 Å². The van der Waals surface area contributed by atoms with Crippen molar-refractivity contribution in [3.63, 3.8) is 0 Å². The Bertz CT molecular complexity index is 749. The zero-order chi connectivity index (χ0) is 13.9. The Morgan fingerprint density at radius 2 is 2.00 bits per heavy atom. The van der Waals surface area contributed by atoms with Gasteiger partial charge in [-0.1, -0.05) is 23.7 Å². The number of hydrogen-bond donors (Lipinski definition) is 1. The number of amides is 1. The average molecular weight is 286 g/mol. The van der Waals surface area contributed by atoms with Crippen molar-refractivity contribution in [2.75, 3.05) is 5.32 Å². The summed E-state index contributed by atoms with van der Waals surface area (Å²) in [4.78, 5) is 12.0. The Balaban J connectivity index is 1.70. The van der Waals surface area contributed by atoms with Crippen molar-refractivity contribution in [3.8, 4) is 0 Å². The van der Waals surface area contributed by atoms with Crippen LogP contribution in [-0.4, -0.2) is 15.5 Å². The molecule has 0 atom stereocenters. The Morgan fingerprint density at radius 1 is 1.20 bits per heavy atom. The van der Waals surface area contributed by atoms with Crippen LogP contribution >= 0.6 is 11.6 Å². The van der Waals surface area contributed by atoms with Gasteiger partial charge in [-0.05, 0) is 35.9 Å². The molecule has 0 unspecified atom stereocenters. The first-order valence-corrected chi connectivity index (χ1v) is 6.56. The van der Waals surface area contributed by atoms with Gasteiger partial charge >= 0.3 is 0 Å². The molecule has 1 N–H and O–H groups in total. The second-order valence-corrected chi connectivity index (χ2v) is 4.90. The number of carbonyl (C=O) groups excluding carboxylic acids is 1. The second kappa shape index (κ2) is 5.35. The molecule has 1 aromatic carbocycles. The summed E-state index contributed by atoms with van der Waals surface area (Å²) in [5, 5.41) is 7.65. The monoisotopic (exact) mass is 285 g/mol. The van der Waals surface area contributed by atoms with Gasteiger partial charge < -0.3 is 5.32 Å². The van der Waals surface area contributed by atoms with E-state index in [9.17, 15) is 4.79 Å². The third-order valence-corrected chi connectivity index (χ3v) is 3.21. The van der Waals surface area contributed by atoms with Crippen LogP contribution in [0.4, 0.5) is 5.69 Å². The molecule has 3 rings (SSSR count). The highest BCUT2D eigenvalue weighted by Crippen LogP contribution is 2.13. The molecular weight excluding hydrogens is 274 g/mol. The van der Waals surface area contributed by atoms with Crippen LogP contribution in [0.25, 0.3) is 5.52 Å². The average Bonchev–Trinajstić information content (AvgIpc) is 2.89. The van der Waals surface area contributed by atoms with E-state index >= 15 is 0 Å². The number of nitrogens with zero attached hydrogens (tertiary/aromatic N) is 2. The fourth-order valence-electron chi connectivity index (χ4n) is 1.99. The van der Waals surface area contributed by atoms with Gasteiger partial charge in [-0.15, -0.1) is 0 Å². The molecule has 0 aliphatic rings. The van der Waals surface area contributed by atoms with Gasteiger partial charge in [0.15, 0.2) is 0 Å². The number of pyridine rings is 1. The van der Waals surface area contributed by atoms with Gasteiger partial charge in [-0.2, -0.15) is 5.10 Å².